The van der Waals surface area contributed by atoms with Crippen LogP contribution in [-0.4, -0.2) is 23.4 Å². The van der Waals surface area contributed by atoms with E-state index < -0.39 is 6.10 Å². The van der Waals surface area contributed by atoms with E-state index in [1.807, 2.05) is 18.2 Å². The van der Waals surface area contributed by atoms with Crippen molar-refractivity contribution in [1.29, 1.82) is 5.26 Å². The van der Waals surface area contributed by atoms with Crippen molar-refractivity contribution >= 4 is 0 Å². The van der Waals surface area contributed by atoms with Crippen LogP contribution >= 0.6 is 0 Å². The molecule has 2 N–H and O–H groups in total. The summed E-state index contributed by atoms with van der Waals surface area (Å²) in [6.45, 7) is 2.85. The Hall–Kier alpha value is -1.57. The molecule has 0 saturated heterocycles. The van der Waals surface area contributed by atoms with Crippen molar-refractivity contribution in [3.63, 3.8) is 0 Å². The van der Waals surface area contributed by atoms with Gasteiger partial charge in [0.25, 0.3) is 0 Å². The van der Waals surface area contributed by atoms with Gasteiger partial charge in [-0.15, -0.1) is 0 Å². The zero-order valence-corrected chi connectivity index (χ0v) is 12.0. The molecule has 0 aliphatic carbocycles. The Bertz CT molecular complexity index is 422. The van der Waals surface area contributed by atoms with Gasteiger partial charge in [-0.1, -0.05) is 25.5 Å². The van der Waals surface area contributed by atoms with Gasteiger partial charge >= 0.3 is 0 Å². The average Bonchev–Trinajstić information content (AvgIpc) is 2.46. The maximum absolute atomic E-state index is 9.78. The van der Waals surface area contributed by atoms with Crippen LogP contribution in [0.15, 0.2) is 24.3 Å². The summed E-state index contributed by atoms with van der Waals surface area (Å²) in [5.74, 6) is 1.04. The third kappa shape index (κ3) is 5.60. The molecule has 110 valence electrons. The number of hydrogen-bond donors (Lipinski definition) is 2. The molecule has 0 aliphatic heterocycles. The van der Waals surface area contributed by atoms with E-state index >= 15 is 0 Å². The molecule has 2 atom stereocenters. The minimum atomic E-state index is -0.771. The highest BCUT2D eigenvalue weighted by Gasteiger charge is 2.10. The van der Waals surface area contributed by atoms with Crippen LogP contribution in [0.4, 0.5) is 0 Å². The fourth-order valence-corrected chi connectivity index (χ4v) is 2.13. The molecule has 2 unspecified atom stereocenters. The maximum Gasteiger partial charge on any atom is 0.119 e. The molecule has 0 saturated carbocycles. The Morgan fingerprint density at radius 1 is 1.35 bits per heavy atom. The van der Waals surface area contributed by atoms with Crippen LogP contribution in [0.1, 0.15) is 44.3 Å². The van der Waals surface area contributed by atoms with E-state index in [0.29, 0.717) is 23.8 Å². The predicted molar refractivity (Wildman–Crippen MR) is 77.2 cm³/mol. The molecule has 0 spiro atoms. The lowest BCUT2D eigenvalue weighted by Gasteiger charge is -2.16. The van der Waals surface area contributed by atoms with E-state index in [4.69, 9.17) is 15.1 Å². The average molecular weight is 277 g/mol. The van der Waals surface area contributed by atoms with Gasteiger partial charge in [0.05, 0.1) is 25.2 Å². The van der Waals surface area contributed by atoms with E-state index in [-0.39, 0.29) is 13.0 Å². The predicted octanol–water partition coefficient (Wildman–Crippen LogP) is 2.81. The van der Waals surface area contributed by atoms with Gasteiger partial charge in [-0.2, -0.15) is 5.26 Å². The SMILES string of the molecule is CCCC(CCO)COc1cccc(C(O)CC#N)c1. The minimum absolute atomic E-state index is 0.0758. The van der Waals surface area contributed by atoms with Crippen LogP contribution in [-0.2, 0) is 0 Å². The molecule has 4 heteroatoms. The summed E-state index contributed by atoms with van der Waals surface area (Å²) >= 11 is 0. The van der Waals surface area contributed by atoms with Crippen molar-refractivity contribution in [2.45, 2.75) is 38.7 Å². The standard InChI is InChI=1S/C16H23NO3/c1-2-4-13(8-10-18)12-20-15-6-3-5-14(11-15)16(19)7-9-17/h3,5-6,11,13,16,18-19H,2,4,7-8,10,12H2,1H3. The molecule has 20 heavy (non-hydrogen) atoms. The first-order chi connectivity index (χ1) is 9.71. The van der Waals surface area contributed by atoms with Crippen LogP contribution in [0.25, 0.3) is 0 Å². The third-order valence-corrected chi connectivity index (χ3v) is 3.25. The number of aliphatic hydroxyl groups is 2. The van der Waals surface area contributed by atoms with Gasteiger partial charge in [-0.05, 0) is 36.5 Å². The zero-order chi connectivity index (χ0) is 14.8. The van der Waals surface area contributed by atoms with E-state index in [0.717, 1.165) is 19.3 Å². The summed E-state index contributed by atoms with van der Waals surface area (Å²) < 4.78 is 5.74. The highest BCUT2D eigenvalue weighted by Crippen LogP contribution is 2.22. The second-order valence-electron chi connectivity index (χ2n) is 4.93. The van der Waals surface area contributed by atoms with Gasteiger partial charge < -0.3 is 14.9 Å². The topological polar surface area (TPSA) is 73.5 Å². The lowest BCUT2D eigenvalue weighted by Crippen LogP contribution is -2.13. The molecule has 1 rings (SSSR count). The molecule has 1 aromatic rings. The summed E-state index contributed by atoms with van der Waals surface area (Å²) in [5, 5.41) is 27.4. The van der Waals surface area contributed by atoms with Crippen LogP contribution in [0.5, 0.6) is 5.75 Å². The number of nitrogens with zero attached hydrogens (tertiary/aromatic N) is 1. The largest absolute Gasteiger partial charge is 0.493 e. The van der Waals surface area contributed by atoms with Crippen LogP contribution in [0.2, 0.25) is 0 Å². The molecule has 0 heterocycles. The normalized spacial score (nSPS) is 13.5. The molecule has 0 aromatic heterocycles. The molecule has 4 nitrogen and oxygen atoms in total. The molecule has 0 fully saturated rings. The first-order valence-electron chi connectivity index (χ1n) is 7.09. The molecule has 0 amide bonds. The number of aliphatic hydroxyl groups excluding tert-OH is 2. The first kappa shape index (κ1) is 16.5. The summed E-state index contributed by atoms with van der Waals surface area (Å²) in [5.41, 5.74) is 0.693. The molecular formula is C16H23NO3. The van der Waals surface area contributed by atoms with Gasteiger partial charge in [-0.25, -0.2) is 0 Å². The Balaban J connectivity index is 2.59. The van der Waals surface area contributed by atoms with Crippen LogP contribution < -0.4 is 4.74 Å². The van der Waals surface area contributed by atoms with Crippen LogP contribution in [0.3, 0.4) is 0 Å². The monoisotopic (exact) mass is 277 g/mol. The highest BCUT2D eigenvalue weighted by molar-refractivity contribution is 5.30. The smallest absolute Gasteiger partial charge is 0.119 e. The second-order valence-corrected chi connectivity index (χ2v) is 4.93. The number of nitriles is 1. The lowest BCUT2D eigenvalue weighted by molar-refractivity contribution is 0.179. The fourth-order valence-electron chi connectivity index (χ4n) is 2.13. The summed E-state index contributed by atoms with van der Waals surface area (Å²) in [4.78, 5) is 0. The van der Waals surface area contributed by atoms with Gasteiger partial charge in [0.15, 0.2) is 0 Å². The first-order valence-corrected chi connectivity index (χ1v) is 7.09. The number of ether oxygens (including phenoxy) is 1. The van der Waals surface area contributed by atoms with E-state index in [2.05, 4.69) is 6.92 Å². The van der Waals surface area contributed by atoms with Crippen molar-refractivity contribution in [3.05, 3.63) is 29.8 Å². The highest BCUT2D eigenvalue weighted by atomic mass is 16.5. The Kier molecular flexibility index (Phi) is 7.71. The van der Waals surface area contributed by atoms with Crippen LogP contribution in [0, 0.1) is 17.2 Å². The van der Waals surface area contributed by atoms with Crippen molar-refractivity contribution in [3.8, 4) is 11.8 Å². The van der Waals surface area contributed by atoms with Crippen molar-refractivity contribution < 1.29 is 14.9 Å². The number of benzene rings is 1. The van der Waals surface area contributed by atoms with Gasteiger partial charge in [0, 0.05) is 6.61 Å². The molecule has 1 aromatic carbocycles. The van der Waals surface area contributed by atoms with E-state index in [1.165, 1.54) is 0 Å². The fraction of sp³-hybridized carbons (Fsp3) is 0.562. The molecule has 0 bridgehead atoms. The van der Waals surface area contributed by atoms with Crippen molar-refractivity contribution in [2.24, 2.45) is 5.92 Å². The van der Waals surface area contributed by atoms with Gasteiger partial charge in [0.2, 0.25) is 0 Å². The Labute approximate surface area is 120 Å². The third-order valence-electron chi connectivity index (χ3n) is 3.25. The lowest BCUT2D eigenvalue weighted by atomic mass is 10.0. The summed E-state index contributed by atoms with van der Waals surface area (Å²) in [7, 11) is 0. The summed E-state index contributed by atoms with van der Waals surface area (Å²) in [6, 6.07) is 9.15. The summed E-state index contributed by atoms with van der Waals surface area (Å²) in [6.07, 6.45) is 2.14. The minimum Gasteiger partial charge on any atom is -0.493 e. The maximum atomic E-state index is 9.78. The van der Waals surface area contributed by atoms with E-state index in [9.17, 15) is 5.11 Å². The molecular weight excluding hydrogens is 254 g/mol. The van der Waals surface area contributed by atoms with Gasteiger partial charge in [-0.3, -0.25) is 0 Å². The molecule has 0 aliphatic rings. The Morgan fingerprint density at radius 2 is 2.15 bits per heavy atom. The number of hydrogen-bond acceptors (Lipinski definition) is 4. The van der Waals surface area contributed by atoms with Gasteiger partial charge in [0.1, 0.15) is 5.75 Å². The van der Waals surface area contributed by atoms with E-state index in [1.54, 1.807) is 12.1 Å². The van der Waals surface area contributed by atoms with Crippen molar-refractivity contribution in [1.82, 2.24) is 0 Å². The van der Waals surface area contributed by atoms with Crippen molar-refractivity contribution in [2.75, 3.05) is 13.2 Å². The quantitative estimate of drug-likeness (QED) is 0.728. The molecule has 0 radical (unpaired) electrons. The Morgan fingerprint density at radius 3 is 2.80 bits per heavy atom. The zero-order valence-electron chi connectivity index (χ0n) is 12.0. The number of rotatable bonds is 9. The second kappa shape index (κ2) is 9.35.